The lowest BCUT2D eigenvalue weighted by Gasteiger charge is -2.05. The summed E-state index contributed by atoms with van der Waals surface area (Å²) in [5.41, 5.74) is 3.07. The van der Waals surface area contributed by atoms with E-state index in [0.29, 0.717) is 0 Å². The molecule has 3 heteroatoms. The number of imidazole rings is 1. The maximum atomic E-state index is 9.48. The van der Waals surface area contributed by atoms with Crippen LogP contribution in [0.25, 0.3) is 16.6 Å². The van der Waals surface area contributed by atoms with Crippen molar-refractivity contribution in [1.29, 1.82) is 0 Å². The van der Waals surface area contributed by atoms with Crippen LogP contribution in [0.3, 0.4) is 0 Å². The highest BCUT2D eigenvalue weighted by Crippen LogP contribution is 2.24. The Bertz CT molecular complexity index is 655. The molecule has 0 atom stereocenters. The van der Waals surface area contributed by atoms with Crippen LogP contribution in [-0.2, 0) is 0 Å². The van der Waals surface area contributed by atoms with Crippen molar-refractivity contribution in [3.05, 3.63) is 42.2 Å². The molecule has 0 amide bonds. The van der Waals surface area contributed by atoms with Crippen molar-refractivity contribution in [2.45, 2.75) is 6.92 Å². The fourth-order valence-corrected chi connectivity index (χ4v) is 1.95. The van der Waals surface area contributed by atoms with Crippen molar-refractivity contribution in [1.82, 2.24) is 9.38 Å². The highest BCUT2D eigenvalue weighted by molar-refractivity contribution is 5.86. The predicted molar refractivity (Wildman–Crippen MR) is 59.1 cm³/mol. The van der Waals surface area contributed by atoms with Crippen LogP contribution in [0, 0.1) is 6.92 Å². The Hall–Kier alpha value is -2.03. The molecule has 2 heterocycles. The Morgan fingerprint density at radius 1 is 1.27 bits per heavy atom. The van der Waals surface area contributed by atoms with Crippen LogP contribution in [0.4, 0.5) is 0 Å². The first-order valence-corrected chi connectivity index (χ1v) is 4.81. The summed E-state index contributed by atoms with van der Waals surface area (Å²) in [4.78, 5) is 4.24. The third kappa shape index (κ3) is 1.09. The Labute approximate surface area is 86.6 Å². The standard InChI is InChI=1S/C12H10N2O/c1-8-6-12-13-4-5-14(12)11-7-9(15)2-3-10(8)11/h2-7,15H,1H3. The highest BCUT2D eigenvalue weighted by Gasteiger charge is 2.04. The van der Waals surface area contributed by atoms with E-state index in [1.165, 1.54) is 5.56 Å². The molecule has 1 N–H and O–H groups in total. The summed E-state index contributed by atoms with van der Waals surface area (Å²) in [6.07, 6.45) is 3.66. The van der Waals surface area contributed by atoms with Gasteiger partial charge in [0.05, 0.1) is 5.52 Å². The number of phenolic OH excluding ortho intramolecular Hbond substituents is 1. The SMILES string of the molecule is Cc1cc2nccn2c2cc(O)ccc12. The maximum Gasteiger partial charge on any atom is 0.137 e. The fraction of sp³-hybridized carbons (Fsp3) is 0.0833. The van der Waals surface area contributed by atoms with E-state index >= 15 is 0 Å². The lowest BCUT2D eigenvalue weighted by molar-refractivity contribution is 0.476. The fourth-order valence-electron chi connectivity index (χ4n) is 1.95. The number of phenols is 1. The van der Waals surface area contributed by atoms with Crippen LogP contribution in [0.5, 0.6) is 5.75 Å². The molecule has 74 valence electrons. The van der Waals surface area contributed by atoms with Crippen LogP contribution < -0.4 is 0 Å². The summed E-state index contributed by atoms with van der Waals surface area (Å²) in [6, 6.07) is 7.44. The number of nitrogens with zero attached hydrogens (tertiary/aromatic N) is 2. The van der Waals surface area contributed by atoms with E-state index < -0.39 is 0 Å². The van der Waals surface area contributed by atoms with Crippen molar-refractivity contribution in [3.63, 3.8) is 0 Å². The van der Waals surface area contributed by atoms with E-state index in [-0.39, 0.29) is 5.75 Å². The number of aryl methyl sites for hydroxylation is 1. The summed E-state index contributed by atoms with van der Waals surface area (Å²) in [7, 11) is 0. The molecule has 0 aliphatic heterocycles. The van der Waals surface area contributed by atoms with Crippen LogP contribution in [0.15, 0.2) is 36.7 Å². The monoisotopic (exact) mass is 198 g/mol. The van der Waals surface area contributed by atoms with Gasteiger partial charge in [0.15, 0.2) is 0 Å². The largest absolute Gasteiger partial charge is 0.508 e. The minimum absolute atomic E-state index is 0.281. The van der Waals surface area contributed by atoms with Gasteiger partial charge >= 0.3 is 0 Å². The van der Waals surface area contributed by atoms with Gasteiger partial charge in [-0.2, -0.15) is 0 Å². The molecule has 2 aromatic heterocycles. The van der Waals surface area contributed by atoms with Crippen LogP contribution in [0.1, 0.15) is 5.56 Å². The third-order valence-electron chi connectivity index (χ3n) is 2.68. The smallest absolute Gasteiger partial charge is 0.137 e. The first-order chi connectivity index (χ1) is 7.25. The van der Waals surface area contributed by atoms with E-state index in [1.807, 2.05) is 29.7 Å². The number of hydrogen-bond donors (Lipinski definition) is 1. The number of fused-ring (bicyclic) bond motifs is 3. The molecule has 15 heavy (non-hydrogen) atoms. The van der Waals surface area contributed by atoms with Crippen molar-refractivity contribution in [3.8, 4) is 5.75 Å². The molecule has 1 aromatic carbocycles. The van der Waals surface area contributed by atoms with E-state index in [0.717, 1.165) is 16.6 Å². The first-order valence-electron chi connectivity index (χ1n) is 4.81. The van der Waals surface area contributed by atoms with Crippen LogP contribution >= 0.6 is 0 Å². The summed E-state index contributed by atoms with van der Waals surface area (Å²) in [5, 5.41) is 10.6. The second-order valence-corrected chi connectivity index (χ2v) is 3.68. The molecule has 0 bridgehead atoms. The van der Waals surface area contributed by atoms with Crippen molar-refractivity contribution >= 4 is 16.6 Å². The van der Waals surface area contributed by atoms with Crippen molar-refractivity contribution < 1.29 is 5.11 Å². The van der Waals surface area contributed by atoms with E-state index in [2.05, 4.69) is 4.98 Å². The topological polar surface area (TPSA) is 37.5 Å². The van der Waals surface area contributed by atoms with Crippen LogP contribution in [-0.4, -0.2) is 14.5 Å². The molecular weight excluding hydrogens is 188 g/mol. The van der Waals surface area contributed by atoms with Gasteiger partial charge in [-0.1, -0.05) is 0 Å². The molecule has 3 rings (SSSR count). The number of pyridine rings is 1. The predicted octanol–water partition coefficient (Wildman–Crippen LogP) is 2.50. The zero-order valence-electron chi connectivity index (χ0n) is 8.31. The van der Waals surface area contributed by atoms with Gasteiger partial charge in [0.2, 0.25) is 0 Å². The molecular formula is C12H10N2O. The average molecular weight is 198 g/mol. The van der Waals surface area contributed by atoms with Crippen LogP contribution in [0.2, 0.25) is 0 Å². The number of rotatable bonds is 0. The van der Waals surface area contributed by atoms with Gasteiger partial charge in [-0.05, 0) is 30.7 Å². The van der Waals surface area contributed by atoms with E-state index in [1.54, 1.807) is 18.3 Å². The zero-order valence-corrected chi connectivity index (χ0v) is 8.31. The molecule has 0 saturated carbocycles. The van der Waals surface area contributed by atoms with Gasteiger partial charge in [-0.25, -0.2) is 4.98 Å². The van der Waals surface area contributed by atoms with E-state index in [4.69, 9.17) is 0 Å². The average Bonchev–Trinajstić information content (AvgIpc) is 2.65. The van der Waals surface area contributed by atoms with E-state index in [9.17, 15) is 5.11 Å². The second-order valence-electron chi connectivity index (χ2n) is 3.68. The van der Waals surface area contributed by atoms with Crippen molar-refractivity contribution in [2.24, 2.45) is 0 Å². The molecule has 3 nitrogen and oxygen atoms in total. The number of aromatic hydroxyl groups is 1. The number of hydrogen-bond acceptors (Lipinski definition) is 2. The number of benzene rings is 1. The molecule has 0 aliphatic carbocycles. The summed E-state index contributed by atoms with van der Waals surface area (Å²) >= 11 is 0. The maximum absolute atomic E-state index is 9.48. The molecule has 0 fully saturated rings. The van der Waals surface area contributed by atoms with Gasteiger partial charge in [-0.3, -0.25) is 4.40 Å². The second kappa shape index (κ2) is 2.73. The normalized spacial score (nSPS) is 11.3. The lowest BCUT2D eigenvalue weighted by atomic mass is 10.1. The molecule has 0 aliphatic rings. The molecule has 0 spiro atoms. The molecule has 0 radical (unpaired) electrons. The minimum atomic E-state index is 0.281. The first kappa shape index (κ1) is 8.29. The van der Waals surface area contributed by atoms with Crippen molar-refractivity contribution in [2.75, 3.05) is 0 Å². The zero-order chi connectivity index (χ0) is 10.4. The Kier molecular flexibility index (Phi) is 1.51. The quantitative estimate of drug-likeness (QED) is 0.602. The summed E-state index contributed by atoms with van der Waals surface area (Å²) < 4.78 is 1.97. The van der Waals surface area contributed by atoms with Gasteiger partial charge in [0.1, 0.15) is 11.4 Å². The summed E-state index contributed by atoms with van der Waals surface area (Å²) in [5.74, 6) is 0.281. The molecule has 3 aromatic rings. The van der Waals surface area contributed by atoms with Gasteiger partial charge in [0.25, 0.3) is 0 Å². The highest BCUT2D eigenvalue weighted by atomic mass is 16.3. The van der Waals surface area contributed by atoms with Gasteiger partial charge in [-0.15, -0.1) is 0 Å². The Morgan fingerprint density at radius 3 is 3.00 bits per heavy atom. The Balaban J connectivity index is 2.63. The minimum Gasteiger partial charge on any atom is -0.508 e. The molecule has 0 saturated heterocycles. The van der Waals surface area contributed by atoms with Gasteiger partial charge in [0, 0.05) is 23.8 Å². The molecule has 0 unspecified atom stereocenters. The Morgan fingerprint density at radius 2 is 2.13 bits per heavy atom. The number of aromatic nitrogens is 2. The lowest BCUT2D eigenvalue weighted by Crippen LogP contribution is -1.89. The van der Waals surface area contributed by atoms with Gasteiger partial charge < -0.3 is 5.11 Å². The third-order valence-corrected chi connectivity index (χ3v) is 2.68. The summed E-state index contributed by atoms with van der Waals surface area (Å²) in [6.45, 7) is 2.05.